The van der Waals surface area contributed by atoms with Gasteiger partial charge in [0.15, 0.2) is 0 Å². The lowest BCUT2D eigenvalue weighted by atomic mass is 10.2. The highest BCUT2D eigenvalue weighted by Gasteiger charge is 2.27. The lowest BCUT2D eigenvalue weighted by Crippen LogP contribution is -2.41. The van der Waals surface area contributed by atoms with Crippen LogP contribution in [0.25, 0.3) is 0 Å². The topological polar surface area (TPSA) is 87.5 Å². The number of likely N-dealkylation sites (N-methyl/N-ethyl adjacent to an activating group) is 1. The van der Waals surface area contributed by atoms with Crippen LogP contribution in [-0.2, 0) is 4.79 Å². The number of anilines is 1. The first-order valence-electron chi connectivity index (χ1n) is 7.55. The molecule has 1 aromatic rings. The van der Waals surface area contributed by atoms with E-state index < -0.39 is 4.92 Å². The molecule has 1 fully saturated rings. The predicted octanol–water partition coefficient (Wildman–Crippen LogP) is 1.61. The zero-order valence-electron chi connectivity index (χ0n) is 12.7. The summed E-state index contributed by atoms with van der Waals surface area (Å²) in [5, 5.41) is 17.0. The predicted molar refractivity (Wildman–Crippen MR) is 84.9 cm³/mol. The summed E-state index contributed by atoms with van der Waals surface area (Å²) in [5.74, 6) is 0.101. The van der Waals surface area contributed by atoms with Gasteiger partial charge in [-0.2, -0.15) is 0 Å². The first-order valence-corrected chi connectivity index (χ1v) is 7.55. The molecule has 1 aliphatic heterocycles. The fourth-order valence-corrected chi connectivity index (χ4v) is 2.84. The lowest BCUT2D eigenvalue weighted by Gasteiger charge is -2.24. The molecule has 1 heterocycles. The number of nitrogens with one attached hydrogen (secondary N) is 2. The monoisotopic (exact) mass is 306 g/mol. The third kappa shape index (κ3) is 3.94. The van der Waals surface area contributed by atoms with Gasteiger partial charge in [0.2, 0.25) is 5.91 Å². The molecule has 2 rings (SSSR count). The number of nitro benzene ring substituents is 1. The summed E-state index contributed by atoms with van der Waals surface area (Å²) >= 11 is 0. The maximum Gasteiger partial charge on any atom is 0.292 e. The number of carbonyl (C=O) groups is 1. The summed E-state index contributed by atoms with van der Waals surface area (Å²) in [6.07, 6.45) is 2.41. The Balaban J connectivity index is 1.86. The minimum Gasteiger partial charge on any atom is -0.379 e. The second-order valence-electron chi connectivity index (χ2n) is 5.39. The van der Waals surface area contributed by atoms with Crippen molar-refractivity contribution in [1.29, 1.82) is 0 Å². The van der Waals surface area contributed by atoms with Gasteiger partial charge in [-0.05, 0) is 26.0 Å². The van der Waals surface area contributed by atoms with Crippen molar-refractivity contribution in [1.82, 2.24) is 10.2 Å². The van der Waals surface area contributed by atoms with Gasteiger partial charge in [0.1, 0.15) is 5.69 Å². The van der Waals surface area contributed by atoms with E-state index in [0.29, 0.717) is 18.7 Å². The number of benzene rings is 1. The highest BCUT2D eigenvalue weighted by Crippen LogP contribution is 2.23. The van der Waals surface area contributed by atoms with Gasteiger partial charge in [-0.25, -0.2) is 0 Å². The maximum absolute atomic E-state index is 12.3. The molecule has 1 atom stereocenters. The van der Waals surface area contributed by atoms with Crippen molar-refractivity contribution in [2.45, 2.75) is 25.3 Å². The third-order valence-corrected chi connectivity index (χ3v) is 3.89. The standard InChI is InChI=1S/C15H22N4O3/c1-16-11-12-5-4-10-18(12)15(20)8-9-17-13-6-2-3-7-14(13)19(21)22/h2-3,6-7,12,16-17H,4-5,8-11H2,1H3. The maximum atomic E-state index is 12.3. The van der Waals surface area contributed by atoms with Crippen molar-refractivity contribution in [2.24, 2.45) is 0 Å². The van der Waals surface area contributed by atoms with E-state index in [-0.39, 0.29) is 17.6 Å². The van der Waals surface area contributed by atoms with Crippen molar-refractivity contribution in [2.75, 3.05) is 32.0 Å². The summed E-state index contributed by atoms with van der Waals surface area (Å²) < 4.78 is 0. The molecule has 7 nitrogen and oxygen atoms in total. The van der Waals surface area contributed by atoms with Gasteiger partial charge >= 0.3 is 0 Å². The smallest absolute Gasteiger partial charge is 0.292 e. The number of amides is 1. The minimum absolute atomic E-state index is 0.0316. The first-order chi connectivity index (χ1) is 10.6. The molecule has 0 radical (unpaired) electrons. The van der Waals surface area contributed by atoms with Gasteiger partial charge in [0.05, 0.1) is 4.92 Å². The van der Waals surface area contributed by atoms with E-state index in [0.717, 1.165) is 25.9 Å². The van der Waals surface area contributed by atoms with Crippen molar-refractivity contribution in [3.05, 3.63) is 34.4 Å². The van der Waals surface area contributed by atoms with Crippen LogP contribution in [0.1, 0.15) is 19.3 Å². The van der Waals surface area contributed by atoms with Crippen LogP contribution < -0.4 is 10.6 Å². The van der Waals surface area contributed by atoms with Crippen molar-refractivity contribution in [3.63, 3.8) is 0 Å². The van der Waals surface area contributed by atoms with Crippen LogP contribution in [0.3, 0.4) is 0 Å². The molecule has 1 saturated heterocycles. The van der Waals surface area contributed by atoms with E-state index in [1.807, 2.05) is 11.9 Å². The Labute approximate surface area is 129 Å². The van der Waals surface area contributed by atoms with Crippen LogP contribution in [0, 0.1) is 10.1 Å². The number of carbonyl (C=O) groups excluding carboxylic acids is 1. The Morgan fingerprint density at radius 1 is 1.45 bits per heavy atom. The van der Waals surface area contributed by atoms with Gasteiger partial charge in [0, 0.05) is 38.2 Å². The number of likely N-dealkylation sites (tertiary alicyclic amines) is 1. The largest absolute Gasteiger partial charge is 0.379 e. The summed E-state index contributed by atoms with van der Waals surface area (Å²) in [5.41, 5.74) is 0.484. The average Bonchev–Trinajstić information content (AvgIpc) is 2.96. The molecule has 0 aliphatic carbocycles. The van der Waals surface area contributed by atoms with Crippen LogP contribution in [-0.4, -0.2) is 48.5 Å². The molecule has 0 spiro atoms. The Kier molecular flexibility index (Phi) is 5.71. The molecule has 0 bridgehead atoms. The van der Waals surface area contributed by atoms with E-state index in [9.17, 15) is 14.9 Å². The zero-order chi connectivity index (χ0) is 15.9. The van der Waals surface area contributed by atoms with E-state index in [1.165, 1.54) is 6.07 Å². The van der Waals surface area contributed by atoms with E-state index in [4.69, 9.17) is 0 Å². The molecule has 22 heavy (non-hydrogen) atoms. The number of para-hydroxylation sites is 2. The molecule has 1 amide bonds. The van der Waals surface area contributed by atoms with E-state index >= 15 is 0 Å². The second kappa shape index (κ2) is 7.74. The summed E-state index contributed by atoms with van der Waals surface area (Å²) in [7, 11) is 1.89. The number of hydrogen-bond acceptors (Lipinski definition) is 5. The number of rotatable bonds is 7. The van der Waals surface area contributed by atoms with Crippen LogP contribution in [0.2, 0.25) is 0 Å². The van der Waals surface area contributed by atoms with Gasteiger partial charge in [-0.15, -0.1) is 0 Å². The average molecular weight is 306 g/mol. The van der Waals surface area contributed by atoms with Gasteiger partial charge in [0.25, 0.3) is 5.69 Å². The van der Waals surface area contributed by atoms with Crippen LogP contribution in [0.5, 0.6) is 0 Å². The fourth-order valence-electron chi connectivity index (χ4n) is 2.84. The molecular formula is C15H22N4O3. The molecule has 0 aromatic heterocycles. The van der Waals surface area contributed by atoms with Crippen molar-refractivity contribution in [3.8, 4) is 0 Å². The first kappa shape index (κ1) is 16.2. The van der Waals surface area contributed by atoms with E-state index in [2.05, 4.69) is 10.6 Å². The van der Waals surface area contributed by atoms with E-state index in [1.54, 1.807) is 18.2 Å². The molecule has 1 aromatic carbocycles. The number of nitro groups is 1. The van der Waals surface area contributed by atoms with Crippen LogP contribution in [0.15, 0.2) is 24.3 Å². The zero-order valence-corrected chi connectivity index (χ0v) is 12.7. The van der Waals surface area contributed by atoms with Crippen LogP contribution in [0.4, 0.5) is 11.4 Å². The molecule has 1 unspecified atom stereocenters. The summed E-state index contributed by atoms with van der Waals surface area (Å²) in [6, 6.07) is 6.74. The number of nitrogens with zero attached hydrogens (tertiary/aromatic N) is 2. The summed E-state index contributed by atoms with van der Waals surface area (Å²) in [4.78, 5) is 24.7. The van der Waals surface area contributed by atoms with Gasteiger partial charge in [-0.3, -0.25) is 14.9 Å². The number of hydrogen-bond donors (Lipinski definition) is 2. The van der Waals surface area contributed by atoms with Crippen molar-refractivity contribution < 1.29 is 9.72 Å². The quantitative estimate of drug-likeness (QED) is 0.590. The van der Waals surface area contributed by atoms with Gasteiger partial charge in [-0.1, -0.05) is 12.1 Å². The highest BCUT2D eigenvalue weighted by molar-refractivity contribution is 5.77. The molecule has 0 saturated carbocycles. The second-order valence-corrected chi connectivity index (χ2v) is 5.39. The Morgan fingerprint density at radius 2 is 2.23 bits per heavy atom. The fraction of sp³-hybridized carbons (Fsp3) is 0.533. The summed E-state index contributed by atoms with van der Waals surface area (Å²) in [6.45, 7) is 2.01. The lowest BCUT2D eigenvalue weighted by molar-refractivity contribution is -0.384. The minimum atomic E-state index is -0.423. The van der Waals surface area contributed by atoms with Crippen molar-refractivity contribution >= 4 is 17.3 Å². The van der Waals surface area contributed by atoms with Crippen LogP contribution >= 0.6 is 0 Å². The Bertz CT molecular complexity index is 535. The molecule has 2 N–H and O–H groups in total. The SMILES string of the molecule is CNCC1CCCN1C(=O)CCNc1ccccc1[N+](=O)[O-]. The molecule has 7 heteroatoms. The molecular weight excluding hydrogens is 284 g/mol. The van der Waals surface area contributed by atoms with Gasteiger partial charge < -0.3 is 15.5 Å². The molecule has 120 valence electrons. The Morgan fingerprint density at radius 3 is 2.95 bits per heavy atom. The highest BCUT2D eigenvalue weighted by atomic mass is 16.6. The molecule has 1 aliphatic rings. The third-order valence-electron chi connectivity index (χ3n) is 3.89. The Hall–Kier alpha value is -2.15. The normalized spacial score (nSPS) is 17.5.